The van der Waals surface area contributed by atoms with Crippen molar-refractivity contribution < 1.29 is 9.90 Å². The number of aryl methyl sites for hydroxylation is 1. The Morgan fingerprint density at radius 2 is 1.83 bits per heavy atom. The molecular formula is C19H19ClN2O2. The highest BCUT2D eigenvalue weighted by molar-refractivity contribution is 6.31. The van der Waals surface area contributed by atoms with Gasteiger partial charge in [-0.05, 0) is 24.6 Å². The van der Waals surface area contributed by atoms with E-state index >= 15 is 0 Å². The zero-order chi connectivity index (χ0) is 17.1. The molecule has 0 aliphatic heterocycles. The van der Waals surface area contributed by atoms with Gasteiger partial charge in [0.2, 0.25) is 0 Å². The maximum atomic E-state index is 11.8. The van der Waals surface area contributed by atoms with Gasteiger partial charge < -0.3 is 15.0 Å². The third-order valence-corrected chi connectivity index (χ3v) is 4.54. The van der Waals surface area contributed by atoms with Gasteiger partial charge in [-0.3, -0.25) is 0 Å². The minimum Gasteiger partial charge on any atom is -0.477 e. The van der Waals surface area contributed by atoms with Crippen LogP contribution in [0.4, 0.5) is 0 Å². The van der Waals surface area contributed by atoms with Gasteiger partial charge in [0.1, 0.15) is 5.69 Å². The SMILES string of the molecule is CCn1c(C(=O)O)c(CNCc2ccccc2Cl)c2ccccc21. The van der Waals surface area contributed by atoms with E-state index < -0.39 is 5.97 Å². The molecule has 0 amide bonds. The summed E-state index contributed by atoms with van der Waals surface area (Å²) in [6.45, 7) is 3.64. The second kappa shape index (κ2) is 7.07. The van der Waals surface area contributed by atoms with Crippen LogP contribution in [-0.4, -0.2) is 15.6 Å². The van der Waals surface area contributed by atoms with Gasteiger partial charge in [-0.2, -0.15) is 0 Å². The lowest BCUT2D eigenvalue weighted by atomic mass is 10.1. The molecule has 0 fully saturated rings. The second-order valence-corrected chi connectivity index (χ2v) is 6.00. The van der Waals surface area contributed by atoms with Crippen LogP contribution in [0.2, 0.25) is 5.02 Å². The van der Waals surface area contributed by atoms with Crippen LogP contribution in [0.25, 0.3) is 10.9 Å². The summed E-state index contributed by atoms with van der Waals surface area (Å²) in [6, 6.07) is 15.4. The number of nitrogens with zero attached hydrogens (tertiary/aromatic N) is 1. The quantitative estimate of drug-likeness (QED) is 0.702. The lowest BCUT2D eigenvalue weighted by molar-refractivity contribution is 0.0684. The Balaban J connectivity index is 1.92. The average molecular weight is 343 g/mol. The van der Waals surface area contributed by atoms with Crippen molar-refractivity contribution >= 4 is 28.5 Å². The molecule has 0 saturated carbocycles. The Bertz CT molecular complexity index is 886. The van der Waals surface area contributed by atoms with Crippen LogP contribution in [0.3, 0.4) is 0 Å². The van der Waals surface area contributed by atoms with Crippen LogP contribution in [0.1, 0.15) is 28.5 Å². The van der Waals surface area contributed by atoms with Gasteiger partial charge in [-0.25, -0.2) is 4.79 Å². The Morgan fingerprint density at radius 3 is 2.54 bits per heavy atom. The fraction of sp³-hybridized carbons (Fsp3) is 0.211. The molecule has 0 radical (unpaired) electrons. The van der Waals surface area contributed by atoms with Gasteiger partial charge in [0.25, 0.3) is 0 Å². The van der Waals surface area contributed by atoms with Crippen LogP contribution < -0.4 is 5.32 Å². The third-order valence-electron chi connectivity index (χ3n) is 4.17. The Morgan fingerprint density at radius 1 is 1.12 bits per heavy atom. The topological polar surface area (TPSA) is 54.3 Å². The Hall–Kier alpha value is -2.30. The van der Waals surface area contributed by atoms with Crippen molar-refractivity contribution in [1.29, 1.82) is 0 Å². The molecule has 0 spiro atoms. The van der Waals surface area contributed by atoms with Gasteiger partial charge in [-0.1, -0.05) is 48.0 Å². The smallest absolute Gasteiger partial charge is 0.352 e. The summed E-state index contributed by atoms with van der Waals surface area (Å²) in [5.41, 5.74) is 3.11. The summed E-state index contributed by atoms with van der Waals surface area (Å²) >= 11 is 6.17. The van der Waals surface area contributed by atoms with Crippen molar-refractivity contribution in [2.24, 2.45) is 0 Å². The van der Waals surface area contributed by atoms with E-state index in [9.17, 15) is 9.90 Å². The number of para-hydroxylation sites is 1. The summed E-state index contributed by atoms with van der Waals surface area (Å²) < 4.78 is 1.85. The first kappa shape index (κ1) is 16.6. The molecule has 3 aromatic rings. The number of hydrogen-bond acceptors (Lipinski definition) is 2. The molecule has 124 valence electrons. The van der Waals surface area contributed by atoms with Crippen LogP contribution in [0.15, 0.2) is 48.5 Å². The van der Waals surface area contributed by atoms with E-state index in [2.05, 4.69) is 5.32 Å². The van der Waals surface area contributed by atoms with E-state index in [1.54, 1.807) is 0 Å². The van der Waals surface area contributed by atoms with E-state index in [1.165, 1.54) is 0 Å². The first-order valence-corrected chi connectivity index (χ1v) is 8.28. The molecule has 2 aromatic carbocycles. The molecular weight excluding hydrogens is 324 g/mol. The number of rotatable bonds is 6. The van der Waals surface area contributed by atoms with E-state index in [0.29, 0.717) is 30.4 Å². The predicted molar refractivity (Wildman–Crippen MR) is 96.6 cm³/mol. The summed E-state index contributed by atoms with van der Waals surface area (Å²) in [5.74, 6) is -0.900. The number of fused-ring (bicyclic) bond motifs is 1. The van der Waals surface area contributed by atoms with Crippen LogP contribution >= 0.6 is 11.6 Å². The Kier molecular flexibility index (Phi) is 4.88. The van der Waals surface area contributed by atoms with Crippen LogP contribution in [0, 0.1) is 0 Å². The van der Waals surface area contributed by atoms with Gasteiger partial charge >= 0.3 is 5.97 Å². The summed E-state index contributed by atoms with van der Waals surface area (Å²) in [6.07, 6.45) is 0. The highest BCUT2D eigenvalue weighted by Crippen LogP contribution is 2.26. The van der Waals surface area contributed by atoms with Crippen LogP contribution in [0.5, 0.6) is 0 Å². The summed E-state index contributed by atoms with van der Waals surface area (Å²) in [7, 11) is 0. The number of carboxylic acids is 1. The second-order valence-electron chi connectivity index (χ2n) is 5.59. The molecule has 0 saturated heterocycles. The number of halogens is 1. The first-order valence-electron chi connectivity index (χ1n) is 7.91. The normalized spacial score (nSPS) is 11.1. The fourth-order valence-corrected chi connectivity index (χ4v) is 3.29. The zero-order valence-electron chi connectivity index (χ0n) is 13.4. The predicted octanol–water partition coefficient (Wildman–Crippen LogP) is 4.30. The number of aromatic carboxylic acids is 1. The van der Waals surface area contributed by atoms with Gasteiger partial charge in [0.05, 0.1) is 0 Å². The molecule has 1 aromatic heterocycles. The van der Waals surface area contributed by atoms with Crippen LogP contribution in [-0.2, 0) is 19.6 Å². The van der Waals surface area contributed by atoms with Crippen molar-refractivity contribution in [3.05, 3.63) is 70.4 Å². The molecule has 1 heterocycles. The molecule has 0 unspecified atom stereocenters. The number of benzene rings is 2. The largest absolute Gasteiger partial charge is 0.477 e. The lowest BCUT2D eigenvalue weighted by Gasteiger charge is -2.08. The zero-order valence-corrected chi connectivity index (χ0v) is 14.2. The van der Waals surface area contributed by atoms with Crippen molar-refractivity contribution in [2.75, 3.05) is 0 Å². The van der Waals surface area contributed by atoms with E-state index in [-0.39, 0.29) is 0 Å². The molecule has 5 heteroatoms. The van der Waals surface area contributed by atoms with E-state index in [4.69, 9.17) is 11.6 Å². The molecule has 4 nitrogen and oxygen atoms in total. The number of carbonyl (C=O) groups is 1. The molecule has 0 aliphatic carbocycles. The minimum atomic E-state index is -0.900. The summed E-state index contributed by atoms with van der Waals surface area (Å²) in [5, 5.41) is 14.7. The molecule has 24 heavy (non-hydrogen) atoms. The average Bonchev–Trinajstić information content (AvgIpc) is 2.91. The molecule has 0 bridgehead atoms. The van der Waals surface area contributed by atoms with E-state index in [1.807, 2.05) is 60.0 Å². The van der Waals surface area contributed by atoms with Gasteiger partial charge in [0.15, 0.2) is 0 Å². The monoisotopic (exact) mass is 342 g/mol. The molecule has 2 N–H and O–H groups in total. The van der Waals surface area contributed by atoms with Gasteiger partial charge in [0, 0.05) is 41.1 Å². The van der Waals surface area contributed by atoms with Crippen molar-refractivity contribution in [2.45, 2.75) is 26.6 Å². The fourth-order valence-electron chi connectivity index (χ4n) is 3.09. The minimum absolute atomic E-state index is 0.352. The van der Waals surface area contributed by atoms with E-state index in [0.717, 1.165) is 22.0 Å². The van der Waals surface area contributed by atoms with Gasteiger partial charge in [-0.15, -0.1) is 0 Å². The maximum absolute atomic E-state index is 11.8. The molecule has 0 atom stereocenters. The lowest BCUT2D eigenvalue weighted by Crippen LogP contribution is -2.16. The summed E-state index contributed by atoms with van der Waals surface area (Å²) in [4.78, 5) is 11.8. The first-order chi connectivity index (χ1) is 11.6. The number of carboxylic acid groups (broad SMARTS) is 1. The highest BCUT2D eigenvalue weighted by Gasteiger charge is 2.20. The number of nitrogens with one attached hydrogen (secondary N) is 1. The number of hydrogen-bond donors (Lipinski definition) is 2. The van der Waals surface area contributed by atoms with Crippen molar-refractivity contribution in [3.63, 3.8) is 0 Å². The van der Waals surface area contributed by atoms with Crippen molar-refractivity contribution in [3.8, 4) is 0 Å². The third kappa shape index (κ3) is 3.03. The van der Waals surface area contributed by atoms with Crippen molar-refractivity contribution in [1.82, 2.24) is 9.88 Å². The number of aromatic nitrogens is 1. The standard InChI is InChI=1S/C19H19ClN2O2/c1-2-22-17-10-6-4-8-14(17)15(18(22)19(23)24)12-21-11-13-7-3-5-9-16(13)20/h3-10,21H,2,11-12H2,1H3,(H,23,24). The highest BCUT2D eigenvalue weighted by atomic mass is 35.5. The Labute approximate surface area is 145 Å². The molecule has 0 aliphatic rings. The maximum Gasteiger partial charge on any atom is 0.352 e. The molecule has 3 rings (SSSR count).